The second-order valence-electron chi connectivity index (χ2n) is 6.99. The van der Waals surface area contributed by atoms with Crippen LogP contribution in [0, 0.1) is 10.1 Å². The number of nitrogens with zero attached hydrogens (tertiary/aromatic N) is 4. The average Bonchev–Trinajstić information content (AvgIpc) is 3.39. The monoisotopic (exact) mass is 419 g/mol. The molecule has 0 saturated heterocycles. The smallest absolute Gasteiger partial charge is 0.270 e. The number of nitrogens with one attached hydrogen (secondary N) is 1. The molecule has 0 saturated carbocycles. The summed E-state index contributed by atoms with van der Waals surface area (Å²) in [6.07, 6.45) is 7.67. The van der Waals surface area contributed by atoms with Crippen molar-refractivity contribution in [2.75, 3.05) is 5.43 Å². The van der Waals surface area contributed by atoms with Crippen molar-refractivity contribution < 1.29 is 9.34 Å². The Balaban J connectivity index is 1.37. The van der Waals surface area contributed by atoms with Gasteiger partial charge in [0, 0.05) is 22.6 Å². The minimum atomic E-state index is -0.426. The molecule has 0 bridgehead atoms. The predicted octanol–water partition coefficient (Wildman–Crippen LogP) is 5.18. The number of benzene rings is 1. The van der Waals surface area contributed by atoms with Crippen molar-refractivity contribution in [2.45, 2.75) is 25.7 Å². The molecule has 0 amide bonds. The number of hydrogen-bond acceptors (Lipinski definition) is 8. The van der Waals surface area contributed by atoms with E-state index in [1.54, 1.807) is 48.1 Å². The van der Waals surface area contributed by atoms with Gasteiger partial charge < -0.3 is 4.42 Å². The number of furan rings is 1. The zero-order valence-corrected chi connectivity index (χ0v) is 16.7. The number of fused-ring (bicyclic) bond motifs is 3. The lowest BCUT2D eigenvalue weighted by atomic mass is 9.97. The van der Waals surface area contributed by atoms with Gasteiger partial charge in [-0.3, -0.25) is 15.5 Å². The Bertz CT molecular complexity index is 1280. The lowest BCUT2D eigenvalue weighted by molar-refractivity contribution is -0.384. The SMILES string of the molecule is O=[N+]([O-])c1cccc(-c2ccc(C=NNc3ncnc4sc5c(c34)CCCC5)o2)c1. The van der Waals surface area contributed by atoms with Gasteiger partial charge in [-0.05, 0) is 43.4 Å². The summed E-state index contributed by atoms with van der Waals surface area (Å²) in [5, 5.41) is 16.3. The standard InChI is InChI=1S/C21H17N5O3S/c27-26(28)14-5-3-4-13(10-14)17-9-8-15(29-17)11-24-25-20-19-16-6-1-2-7-18(16)30-21(19)23-12-22-20/h3-5,8-12H,1-2,6-7H2,(H,22,23,25). The van der Waals surface area contributed by atoms with E-state index in [9.17, 15) is 10.1 Å². The summed E-state index contributed by atoms with van der Waals surface area (Å²) in [7, 11) is 0. The maximum atomic E-state index is 11.0. The zero-order chi connectivity index (χ0) is 20.5. The van der Waals surface area contributed by atoms with E-state index < -0.39 is 4.92 Å². The third-order valence-electron chi connectivity index (χ3n) is 5.08. The molecule has 0 aliphatic heterocycles. The van der Waals surface area contributed by atoms with E-state index in [0.717, 1.165) is 23.1 Å². The van der Waals surface area contributed by atoms with Crippen LogP contribution in [0.3, 0.4) is 0 Å². The van der Waals surface area contributed by atoms with Crippen LogP contribution < -0.4 is 5.43 Å². The van der Waals surface area contributed by atoms with E-state index in [-0.39, 0.29) is 5.69 Å². The minimum absolute atomic E-state index is 0.0210. The quantitative estimate of drug-likeness (QED) is 0.271. The second-order valence-corrected chi connectivity index (χ2v) is 8.08. The molecule has 0 atom stereocenters. The van der Waals surface area contributed by atoms with Crippen molar-refractivity contribution in [1.29, 1.82) is 0 Å². The van der Waals surface area contributed by atoms with Gasteiger partial charge in [0.2, 0.25) is 0 Å². The van der Waals surface area contributed by atoms with Crippen molar-refractivity contribution in [1.82, 2.24) is 9.97 Å². The summed E-state index contributed by atoms with van der Waals surface area (Å²) in [6, 6.07) is 9.86. The number of hydrazone groups is 1. The van der Waals surface area contributed by atoms with Gasteiger partial charge >= 0.3 is 0 Å². The molecule has 0 radical (unpaired) electrons. The first kappa shape index (κ1) is 18.4. The second kappa shape index (κ2) is 7.68. The maximum Gasteiger partial charge on any atom is 0.270 e. The highest BCUT2D eigenvalue weighted by atomic mass is 32.1. The van der Waals surface area contributed by atoms with E-state index in [4.69, 9.17) is 4.42 Å². The molecule has 5 rings (SSSR count). The number of hydrogen-bond donors (Lipinski definition) is 1. The van der Waals surface area contributed by atoms with Crippen LogP contribution in [0.15, 0.2) is 52.2 Å². The van der Waals surface area contributed by atoms with Crippen LogP contribution in [0.2, 0.25) is 0 Å². The van der Waals surface area contributed by atoms with Crippen molar-refractivity contribution >= 4 is 39.3 Å². The molecule has 0 spiro atoms. The molecule has 0 unspecified atom stereocenters. The summed E-state index contributed by atoms with van der Waals surface area (Å²) < 4.78 is 5.76. The van der Waals surface area contributed by atoms with Gasteiger partial charge in [0.25, 0.3) is 5.69 Å². The Morgan fingerprint density at radius 3 is 3.00 bits per heavy atom. The molecule has 1 aromatic carbocycles. The minimum Gasteiger partial charge on any atom is -0.455 e. The fourth-order valence-corrected chi connectivity index (χ4v) is 4.91. The third kappa shape index (κ3) is 3.43. The van der Waals surface area contributed by atoms with Crippen LogP contribution in [0.25, 0.3) is 21.5 Å². The van der Waals surface area contributed by atoms with Crippen LogP contribution >= 0.6 is 11.3 Å². The summed E-state index contributed by atoms with van der Waals surface area (Å²) in [5.41, 5.74) is 5.02. The van der Waals surface area contributed by atoms with Gasteiger partial charge in [-0.2, -0.15) is 5.10 Å². The molecule has 3 aromatic heterocycles. The largest absolute Gasteiger partial charge is 0.455 e. The van der Waals surface area contributed by atoms with Crippen LogP contribution in [-0.4, -0.2) is 21.1 Å². The molecule has 3 heterocycles. The summed E-state index contributed by atoms with van der Waals surface area (Å²) >= 11 is 1.74. The molecular formula is C21H17N5O3S. The number of aromatic nitrogens is 2. The Hall–Kier alpha value is -3.59. The number of aryl methyl sites for hydroxylation is 2. The van der Waals surface area contributed by atoms with E-state index in [2.05, 4.69) is 20.5 Å². The van der Waals surface area contributed by atoms with Gasteiger partial charge in [0.05, 0.1) is 16.5 Å². The van der Waals surface area contributed by atoms with Crippen LogP contribution in [0.5, 0.6) is 0 Å². The fraction of sp³-hybridized carbons (Fsp3) is 0.190. The lowest BCUT2D eigenvalue weighted by Crippen LogP contribution is -2.00. The predicted molar refractivity (Wildman–Crippen MR) is 116 cm³/mol. The molecule has 0 fully saturated rings. The zero-order valence-electron chi connectivity index (χ0n) is 15.9. The highest BCUT2D eigenvalue weighted by Crippen LogP contribution is 2.38. The Kier molecular flexibility index (Phi) is 4.72. The highest BCUT2D eigenvalue weighted by molar-refractivity contribution is 7.19. The normalized spacial score (nSPS) is 13.6. The van der Waals surface area contributed by atoms with Crippen molar-refractivity contribution in [3.05, 3.63) is 69.0 Å². The molecular weight excluding hydrogens is 402 g/mol. The average molecular weight is 419 g/mol. The molecule has 30 heavy (non-hydrogen) atoms. The van der Waals surface area contributed by atoms with Crippen molar-refractivity contribution in [2.24, 2.45) is 5.10 Å². The van der Waals surface area contributed by atoms with Crippen LogP contribution in [0.1, 0.15) is 29.0 Å². The van der Waals surface area contributed by atoms with E-state index in [1.165, 1.54) is 35.4 Å². The summed E-state index contributed by atoms with van der Waals surface area (Å²) in [4.78, 5) is 21.7. The van der Waals surface area contributed by atoms with E-state index in [1.807, 2.05) is 0 Å². The number of nitro benzene ring substituents is 1. The van der Waals surface area contributed by atoms with Gasteiger partial charge in [-0.15, -0.1) is 11.3 Å². The summed E-state index contributed by atoms with van der Waals surface area (Å²) in [5.74, 6) is 1.76. The molecule has 1 aliphatic rings. The first-order chi connectivity index (χ1) is 14.7. The number of rotatable bonds is 5. The Morgan fingerprint density at radius 1 is 1.20 bits per heavy atom. The van der Waals surface area contributed by atoms with Crippen LogP contribution in [0.4, 0.5) is 11.5 Å². The Morgan fingerprint density at radius 2 is 2.10 bits per heavy atom. The first-order valence-corrected chi connectivity index (χ1v) is 10.4. The van der Waals surface area contributed by atoms with E-state index >= 15 is 0 Å². The molecule has 4 aromatic rings. The fourth-order valence-electron chi connectivity index (χ4n) is 3.68. The van der Waals surface area contributed by atoms with E-state index in [0.29, 0.717) is 22.9 Å². The molecule has 8 nitrogen and oxygen atoms in total. The highest BCUT2D eigenvalue weighted by Gasteiger charge is 2.19. The molecule has 1 aliphatic carbocycles. The summed E-state index contributed by atoms with van der Waals surface area (Å²) in [6.45, 7) is 0. The van der Waals surface area contributed by atoms with Gasteiger partial charge in [-0.25, -0.2) is 9.97 Å². The van der Waals surface area contributed by atoms with Crippen molar-refractivity contribution in [3.8, 4) is 11.3 Å². The third-order valence-corrected chi connectivity index (χ3v) is 6.28. The van der Waals surface area contributed by atoms with Gasteiger partial charge in [0.1, 0.15) is 22.7 Å². The van der Waals surface area contributed by atoms with Crippen LogP contribution in [-0.2, 0) is 12.8 Å². The Labute approximate surface area is 175 Å². The molecule has 1 N–H and O–H groups in total. The first-order valence-electron chi connectivity index (χ1n) is 9.58. The number of nitro groups is 1. The molecule has 150 valence electrons. The molecule has 9 heteroatoms. The number of non-ortho nitro benzene ring substituents is 1. The topological polar surface area (TPSA) is 106 Å². The maximum absolute atomic E-state index is 11.0. The number of anilines is 1. The lowest BCUT2D eigenvalue weighted by Gasteiger charge is -2.11. The van der Waals surface area contributed by atoms with Gasteiger partial charge in [-0.1, -0.05) is 12.1 Å². The number of thiophene rings is 1. The van der Waals surface area contributed by atoms with Crippen molar-refractivity contribution in [3.63, 3.8) is 0 Å². The van der Waals surface area contributed by atoms with Gasteiger partial charge in [0.15, 0.2) is 5.82 Å².